The number of piperidine rings is 1. The van der Waals surface area contributed by atoms with Crippen LogP contribution in [0.25, 0.3) is 0 Å². The average Bonchev–Trinajstić information content (AvgIpc) is 3.24. The highest BCUT2D eigenvalue weighted by Crippen LogP contribution is 2.28. The van der Waals surface area contributed by atoms with Gasteiger partial charge in [0.2, 0.25) is 5.95 Å². The average molecular weight is 376 g/mol. The van der Waals surface area contributed by atoms with Gasteiger partial charge in [0, 0.05) is 24.4 Å². The van der Waals surface area contributed by atoms with Crippen molar-refractivity contribution in [3.05, 3.63) is 28.8 Å². The minimum atomic E-state index is -3.36. The summed E-state index contributed by atoms with van der Waals surface area (Å²) in [7, 11) is -3.36. The van der Waals surface area contributed by atoms with Crippen LogP contribution >= 0.6 is 0 Å². The monoisotopic (exact) mass is 376 g/mol. The van der Waals surface area contributed by atoms with Gasteiger partial charge < -0.3 is 10.6 Å². The number of nitrogens with zero attached hydrogens (tertiary/aromatic N) is 3. The second-order valence-electron chi connectivity index (χ2n) is 7.09. The van der Waals surface area contributed by atoms with Crippen molar-refractivity contribution in [2.75, 3.05) is 24.7 Å². The molecule has 1 aliphatic heterocycles. The predicted molar refractivity (Wildman–Crippen MR) is 97.9 cm³/mol. The Morgan fingerprint density at radius 1 is 1.31 bits per heavy atom. The molecule has 1 saturated heterocycles. The Morgan fingerprint density at radius 3 is 2.96 bits per heavy atom. The summed E-state index contributed by atoms with van der Waals surface area (Å²) in [6.07, 6.45) is 7.86. The molecule has 1 aliphatic carbocycles. The van der Waals surface area contributed by atoms with Crippen LogP contribution in [0.5, 0.6) is 0 Å². The van der Waals surface area contributed by atoms with Crippen LogP contribution in [0.4, 0.5) is 5.95 Å². The summed E-state index contributed by atoms with van der Waals surface area (Å²) in [6.45, 7) is 2.24. The number of aromatic nitrogens is 4. The summed E-state index contributed by atoms with van der Waals surface area (Å²) in [6, 6.07) is 0. The highest BCUT2D eigenvalue weighted by Gasteiger charge is 2.25. The standard InChI is InChI=1S/C17H24N6O2S/c1-26(24,25)15-10-20-17(21-16(15)11-4-3-7-18-8-11)19-9-14-12-5-2-6-13(12)22-23-14/h10-11,18H,2-9H2,1H3,(H,22,23)(H,19,20,21)/t11-/m0/s1. The number of sulfone groups is 1. The molecule has 4 rings (SSSR count). The van der Waals surface area contributed by atoms with Crippen molar-refractivity contribution in [3.8, 4) is 0 Å². The zero-order valence-electron chi connectivity index (χ0n) is 14.9. The van der Waals surface area contributed by atoms with Gasteiger partial charge in [-0.2, -0.15) is 5.10 Å². The van der Waals surface area contributed by atoms with Crippen LogP contribution in [0.2, 0.25) is 0 Å². The predicted octanol–water partition coefficient (Wildman–Crippen LogP) is 1.17. The Morgan fingerprint density at radius 2 is 2.19 bits per heavy atom. The number of aromatic amines is 1. The molecule has 8 nitrogen and oxygen atoms in total. The molecule has 0 saturated carbocycles. The molecule has 9 heteroatoms. The van der Waals surface area contributed by atoms with Gasteiger partial charge in [0.05, 0.1) is 24.1 Å². The lowest BCUT2D eigenvalue weighted by atomic mass is 9.96. The molecule has 0 unspecified atom stereocenters. The summed E-state index contributed by atoms with van der Waals surface area (Å²) in [4.78, 5) is 9.04. The number of fused-ring (bicyclic) bond motifs is 1. The Hall–Kier alpha value is -2.00. The van der Waals surface area contributed by atoms with Gasteiger partial charge in [-0.25, -0.2) is 18.4 Å². The molecule has 3 heterocycles. The van der Waals surface area contributed by atoms with E-state index in [1.165, 1.54) is 23.7 Å². The maximum absolute atomic E-state index is 12.1. The van der Waals surface area contributed by atoms with Gasteiger partial charge in [-0.1, -0.05) is 0 Å². The molecule has 1 fully saturated rings. The van der Waals surface area contributed by atoms with Gasteiger partial charge in [0.1, 0.15) is 4.90 Å². The fourth-order valence-corrected chi connectivity index (χ4v) is 4.67. The molecule has 1 atom stereocenters. The Labute approximate surface area is 153 Å². The number of rotatable bonds is 5. The van der Waals surface area contributed by atoms with E-state index in [-0.39, 0.29) is 10.8 Å². The molecule has 3 N–H and O–H groups in total. The third kappa shape index (κ3) is 3.45. The van der Waals surface area contributed by atoms with Gasteiger partial charge in [-0.15, -0.1) is 0 Å². The molecule has 140 valence electrons. The molecule has 0 radical (unpaired) electrons. The Kier molecular flexibility index (Phi) is 4.66. The topological polar surface area (TPSA) is 113 Å². The van der Waals surface area contributed by atoms with E-state index in [4.69, 9.17) is 0 Å². The van der Waals surface area contributed by atoms with Crippen LogP contribution in [0.1, 0.15) is 47.8 Å². The van der Waals surface area contributed by atoms with Crippen molar-refractivity contribution in [1.82, 2.24) is 25.5 Å². The first kappa shape index (κ1) is 17.4. The van der Waals surface area contributed by atoms with Crippen molar-refractivity contribution >= 4 is 15.8 Å². The number of hydrogen-bond acceptors (Lipinski definition) is 7. The zero-order valence-corrected chi connectivity index (χ0v) is 15.7. The van der Waals surface area contributed by atoms with Crippen molar-refractivity contribution in [3.63, 3.8) is 0 Å². The van der Waals surface area contributed by atoms with Crippen molar-refractivity contribution in [2.45, 2.75) is 49.5 Å². The molecule has 0 spiro atoms. The largest absolute Gasteiger partial charge is 0.348 e. The lowest BCUT2D eigenvalue weighted by molar-refractivity contribution is 0.448. The highest BCUT2D eigenvalue weighted by atomic mass is 32.2. The molecular formula is C17H24N6O2S. The van der Waals surface area contributed by atoms with E-state index < -0.39 is 9.84 Å². The Balaban J connectivity index is 1.58. The van der Waals surface area contributed by atoms with Gasteiger partial charge >= 0.3 is 0 Å². The minimum absolute atomic E-state index is 0.0895. The van der Waals surface area contributed by atoms with E-state index in [0.717, 1.165) is 50.9 Å². The van der Waals surface area contributed by atoms with E-state index >= 15 is 0 Å². The van der Waals surface area contributed by atoms with Gasteiger partial charge in [-0.05, 0) is 44.2 Å². The van der Waals surface area contributed by atoms with Crippen molar-refractivity contribution in [1.29, 1.82) is 0 Å². The molecular weight excluding hydrogens is 352 g/mol. The fourth-order valence-electron chi connectivity index (χ4n) is 3.83. The molecule has 2 aromatic heterocycles. The first-order chi connectivity index (χ1) is 12.5. The van der Waals surface area contributed by atoms with Gasteiger partial charge in [0.25, 0.3) is 0 Å². The van der Waals surface area contributed by atoms with E-state index in [9.17, 15) is 8.42 Å². The zero-order chi connectivity index (χ0) is 18.1. The summed E-state index contributed by atoms with van der Waals surface area (Å²) >= 11 is 0. The number of anilines is 1. The van der Waals surface area contributed by atoms with Crippen LogP contribution in [-0.4, -0.2) is 47.9 Å². The quantitative estimate of drug-likeness (QED) is 0.718. The van der Waals surface area contributed by atoms with E-state index in [2.05, 4.69) is 30.8 Å². The highest BCUT2D eigenvalue weighted by molar-refractivity contribution is 7.90. The molecule has 0 bridgehead atoms. The van der Waals surface area contributed by atoms with Crippen molar-refractivity contribution < 1.29 is 8.42 Å². The molecule has 2 aliphatic rings. The van der Waals surface area contributed by atoms with Crippen LogP contribution in [0.3, 0.4) is 0 Å². The number of nitrogens with one attached hydrogen (secondary N) is 3. The molecule has 0 aromatic carbocycles. The second-order valence-corrected chi connectivity index (χ2v) is 9.08. The minimum Gasteiger partial charge on any atom is -0.348 e. The SMILES string of the molecule is CS(=O)(=O)c1cnc(NCc2n[nH]c3c2CCC3)nc1[C@H]1CCCNC1. The number of H-pyrrole nitrogens is 1. The van der Waals surface area contributed by atoms with Crippen LogP contribution in [0, 0.1) is 0 Å². The first-order valence-electron chi connectivity index (χ1n) is 9.09. The smallest absolute Gasteiger partial charge is 0.223 e. The summed E-state index contributed by atoms with van der Waals surface area (Å²) in [5.74, 6) is 0.541. The summed E-state index contributed by atoms with van der Waals surface area (Å²) in [5.41, 5.74) is 4.13. The third-order valence-corrected chi connectivity index (χ3v) is 6.29. The van der Waals surface area contributed by atoms with E-state index in [1.807, 2.05) is 0 Å². The van der Waals surface area contributed by atoms with Crippen molar-refractivity contribution in [2.24, 2.45) is 0 Å². The lowest BCUT2D eigenvalue weighted by Gasteiger charge is -2.24. The van der Waals surface area contributed by atoms with Gasteiger partial charge in [-0.3, -0.25) is 5.10 Å². The molecule has 0 amide bonds. The van der Waals surface area contributed by atoms with Crippen LogP contribution in [0.15, 0.2) is 11.1 Å². The summed E-state index contributed by atoms with van der Waals surface area (Å²) < 4.78 is 24.3. The second kappa shape index (κ2) is 6.96. The van der Waals surface area contributed by atoms with Crippen LogP contribution < -0.4 is 10.6 Å². The van der Waals surface area contributed by atoms with E-state index in [1.54, 1.807) is 0 Å². The van der Waals surface area contributed by atoms with Crippen LogP contribution in [-0.2, 0) is 29.2 Å². The lowest BCUT2D eigenvalue weighted by Crippen LogP contribution is -2.30. The fraction of sp³-hybridized carbons (Fsp3) is 0.588. The first-order valence-corrected chi connectivity index (χ1v) is 11.0. The molecule has 26 heavy (non-hydrogen) atoms. The van der Waals surface area contributed by atoms with Gasteiger partial charge in [0.15, 0.2) is 9.84 Å². The number of hydrogen-bond donors (Lipinski definition) is 3. The maximum atomic E-state index is 12.1. The molecule has 2 aromatic rings. The normalized spacial score (nSPS) is 20.1. The maximum Gasteiger partial charge on any atom is 0.223 e. The van der Waals surface area contributed by atoms with E-state index in [0.29, 0.717) is 18.2 Å². The number of aryl methyl sites for hydroxylation is 1. The Bertz CT molecular complexity index is 902. The third-order valence-electron chi connectivity index (χ3n) is 5.17. The summed E-state index contributed by atoms with van der Waals surface area (Å²) in [5, 5.41) is 14.0.